The Bertz CT molecular complexity index is 469. The van der Waals surface area contributed by atoms with Crippen molar-refractivity contribution >= 4 is 5.91 Å². The molecule has 2 aliphatic heterocycles. The minimum absolute atomic E-state index is 0.0825. The normalized spacial score (nSPS) is 22.9. The van der Waals surface area contributed by atoms with Crippen molar-refractivity contribution in [3.8, 4) is 0 Å². The van der Waals surface area contributed by atoms with E-state index >= 15 is 0 Å². The molecular formula is C16H23N3O3. The molecule has 1 atom stereocenters. The molecule has 0 N–H and O–H groups in total. The molecule has 2 fully saturated rings. The molecule has 0 saturated carbocycles. The second-order valence-corrected chi connectivity index (χ2v) is 5.94. The zero-order valence-corrected chi connectivity index (χ0v) is 12.8. The summed E-state index contributed by atoms with van der Waals surface area (Å²) >= 11 is 0. The lowest BCUT2D eigenvalue weighted by molar-refractivity contribution is -0.138. The van der Waals surface area contributed by atoms with E-state index in [1.54, 1.807) is 12.5 Å². The first-order valence-electron chi connectivity index (χ1n) is 8.06. The monoisotopic (exact) mass is 305 g/mol. The molecule has 1 unspecified atom stereocenters. The first-order chi connectivity index (χ1) is 10.8. The summed E-state index contributed by atoms with van der Waals surface area (Å²) in [6.45, 7) is 3.06. The Hall–Kier alpha value is -1.53. The van der Waals surface area contributed by atoms with Gasteiger partial charge >= 0.3 is 0 Å². The molecule has 3 rings (SSSR count). The molecule has 0 aromatic carbocycles. The summed E-state index contributed by atoms with van der Waals surface area (Å²) in [5.41, 5.74) is 1.08. The van der Waals surface area contributed by atoms with Crippen LogP contribution >= 0.6 is 0 Å². The second kappa shape index (κ2) is 7.65. The van der Waals surface area contributed by atoms with Gasteiger partial charge < -0.3 is 14.4 Å². The summed E-state index contributed by atoms with van der Waals surface area (Å²) in [5, 5.41) is 0. The van der Waals surface area contributed by atoms with Crippen LogP contribution in [0.4, 0.5) is 0 Å². The SMILES string of the molecule is O=C(COCC1CCCO1)N1CCC(c2ccncn2)CC1. The van der Waals surface area contributed by atoms with Crippen molar-refractivity contribution in [2.24, 2.45) is 0 Å². The highest BCUT2D eigenvalue weighted by molar-refractivity contribution is 5.77. The minimum Gasteiger partial charge on any atom is -0.376 e. The van der Waals surface area contributed by atoms with Gasteiger partial charge in [0.2, 0.25) is 5.91 Å². The zero-order valence-electron chi connectivity index (χ0n) is 12.8. The number of rotatable bonds is 5. The number of likely N-dealkylation sites (tertiary alicyclic amines) is 1. The molecule has 0 aliphatic carbocycles. The van der Waals surface area contributed by atoms with Crippen LogP contribution in [0.2, 0.25) is 0 Å². The van der Waals surface area contributed by atoms with Crippen LogP contribution in [0.15, 0.2) is 18.6 Å². The van der Waals surface area contributed by atoms with Crippen molar-refractivity contribution in [3.05, 3.63) is 24.3 Å². The molecule has 1 amide bonds. The number of carbonyl (C=O) groups excluding carboxylic acids is 1. The number of ether oxygens (including phenoxy) is 2. The van der Waals surface area contributed by atoms with Gasteiger partial charge in [0.05, 0.1) is 12.7 Å². The number of amides is 1. The first kappa shape index (κ1) is 15.4. The summed E-state index contributed by atoms with van der Waals surface area (Å²) in [7, 11) is 0. The van der Waals surface area contributed by atoms with Gasteiger partial charge in [-0.3, -0.25) is 4.79 Å². The van der Waals surface area contributed by atoms with Crippen molar-refractivity contribution in [1.82, 2.24) is 14.9 Å². The molecule has 1 aromatic rings. The molecule has 1 aromatic heterocycles. The molecule has 0 bridgehead atoms. The van der Waals surface area contributed by atoms with Crippen molar-refractivity contribution in [1.29, 1.82) is 0 Å². The van der Waals surface area contributed by atoms with Crippen LogP contribution in [0.3, 0.4) is 0 Å². The molecule has 6 nitrogen and oxygen atoms in total. The van der Waals surface area contributed by atoms with Gasteiger partial charge in [-0.25, -0.2) is 9.97 Å². The second-order valence-electron chi connectivity index (χ2n) is 5.94. The van der Waals surface area contributed by atoms with Gasteiger partial charge in [-0.15, -0.1) is 0 Å². The molecule has 2 saturated heterocycles. The van der Waals surface area contributed by atoms with Crippen LogP contribution in [-0.4, -0.2) is 59.8 Å². The van der Waals surface area contributed by atoms with Gasteiger partial charge in [0.1, 0.15) is 12.9 Å². The quantitative estimate of drug-likeness (QED) is 0.822. The average Bonchev–Trinajstić information content (AvgIpc) is 3.09. The zero-order chi connectivity index (χ0) is 15.2. The predicted molar refractivity (Wildman–Crippen MR) is 80.4 cm³/mol. The summed E-state index contributed by atoms with van der Waals surface area (Å²) in [6.07, 6.45) is 7.58. The Morgan fingerprint density at radius 1 is 1.36 bits per heavy atom. The third-order valence-electron chi connectivity index (χ3n) is 4.42. The maximum Gasteiger partial charge on any atom is 0.248 e. The van der Waals surface area contributed by atoms with Gasteiger partial charge in [-0.05, 0) is 31.7 Å². The lowest BCUT2D eigenvalue weighted by Crippen LogP contribution is -2.40. The molecule has 0 radical (unpaired) electrons. The van der Waals surface area contributed by atoms with Crippen molar-refractivity contribution in [2.45, 2.75) is 37.7 Å². The van der Waals surface area contributed by atoms with Gasteiger partial charge in [0.15, 0.2) is 0 Å². The smallest absolute Gasteiger partial charge is 0.248 e. The Labute approximate surface area is 130 Å². The highest BCUT2D eigenvalue weighted by Gasteiger charge is 2.25. The third-order valence-corrected chi connectivity index (χ3v) is 4.42. The first-order valence-corrected chi connectivity index (χ1v) is 8.06. The fraction of sp³-hybridized carbons (Fsp3) is 0.688. The van der Waals surface area contributed by atoms with E-state index in [1.165, 1.54) is 0 Å². The summed E-state index contributed by atoms with van der Waals surface area (Å²) in [6, 6.07) is 1.97. The largest absolute Gasteiger partial charge is 0.376 e. The number of aromatic nitrogens is 2. The Morgan fingerprint density at radius 3 is 2.91 bits per heavy atom. The standard InChI is InChI=1S/C16H23N3O3/c20-16(11-21-10-14-2-1-9-22-14)19-7-4-13(5-8-19)15-3-6-17-12-18-15/h3,6,12-14H,1-2,4-5,7-11H2. The maximum absolute atomic E-state index is 12.1. The van der Waals surface area contributed by atoms with E-state index in [0.29, 0.717) is 12.5 Å². The fourth-order valence-electron chi connectivity index (χ4n) is 3.11. The number of hydrogen-bond donors (Lipinski definition) is 0. The number of carbonyl (C=O) groups is 1. The Kier molecular flexibility index (Phi) is 5.34. The fourth-order valence-corrected chi connectivity index (χ4v) is 3.11. The highest BCUT2D eigenvalue weighted by atomic mass is 16.5. The average molecular weight is 305 g/mol. The molecule has 0 spiro atoms. The number of nitrogens with zero attached hydrogens (tertiary/aromatic N) is 3. The molecule has 2 aliphatic rings. The molecule has 3 heterocycles. The Balaban J connectivity index is 1.38. The van der Waals surface area contributed by atoms with Crippen LogP contribution < -0.4 is 0 Å². The van der Waals surface area contributed by atoms with Gasteiger partial charge in [0.25, 0.3) is 0 Å². The summed E-state index contributed by atoms with van der Waals surface area (Å²) in [5.74, 6) is 0.513. The van der Waals surface area contributed by atoms with E-state index in [-0.39, 0.29) is 18.6 Å². The van der Waals surface area contributed by atoms with Crippen LogP contribution in [0.25, 0.3) is 0 Å². The molecule has 22 heavy (non-hydrogen) atoms. The van der Waals surface area contributed by atoms with E-state index in [4.69, 9.17) is 9.47 Å². The van der Waals surface area contributed by atoms with Crippen molar-refractivity contribution in [3.63, 3.8) is 0 Å². The van der Waals surface area contributed by atoms with Crippen LogP contribution in [-0.2, 0) is 14.3 Å². The maximum atomic E-state index is 12.1. The molecular weight excluding hydrogens is 282 g/mol. The predicted octanol–water partition coefficient (Wildman–Crippen LogP) is 1.38. The Morgan fingerprint density at radius 2 is 2.23 bits per heavy atom. The van der Waals surface area contributed by atoms with Gasteiger partial charge in [-0.2, -0.15) is 0 Å². The van der Waals surface area contributed by atoms with E-state index in [2.05, 4.69) is 9.97 Å². The van der Waals surface area contributed by atoms with Crippen molar-refractivity contribution in [2.75, 3.05) is 32.9 Å². The van der Waals surface area contributed by atoms with E-state index in [0.717, 1.165) is 51.1 Å². The van der Waals surface area contributed by atoms with Crippen molar-refractivity contribution < 1.29 is 14.3 Å². The van der Waals surface area contributed by atoms with E-state index in [1.807, 2.05) is 11.0 Å². The highest BCUT2D eigenvalue weighted by Crippen LogP contribution is 2.26. The number of piperidine rings is 1. The van der Waals surface area contributed by atoms with Gasteiger partial charge in [0, 0.05) is 37.5 Å². The van der Waals surface area contributed by atoms with E-state index < -0.39 is 0 Å². The summed E-state index contributed by atoms with van der Waals surface area (Å²) < 4.78 is 11.0. The van der Waals surface area contributed by atoms with Crippen LogP contribution in [0.5, 0.6) is 0 Å². The lowest BCUT2D eigenvalue weighted by Gasteiger charge is -2.31. The lowest BCUT2D eigenvalue weighted by atomic mass is 9.93. The number of hydrogen-bond acceptors (Lipinski definition) is 5. The van der Waals surface area contributed by atoms with Crippen LogP contribution in [0.1, 0.15) is 37.3 Å². The van der Waals surface area contributed by atoms with E-state index in [9.17, 15) is 4.79 Å². The van der Waals surface area contributed by atoms with Crippen LogP contribution in [0, 0.1) is 0 Å². The summed E-state index contributed by atoms with van der Waals surface area (Å²) in [4.78, 5) is 22.3. The minimum atomic E-state index is 0.0825. The third kappa shape index (κ3) is 4.01. The molecule has 6 heteroatoms. The molecule has 120 valence electrons. The van der Waals surface area contributed by atoms with Gasteiger partial charge in [-0.1, -0.05) is 0 Å². The topological polar surface area (TPSA) is 64.6 Å².